The van der Waals surface area contributed by atoms with Crippen LogP contribution in [0.15, 0.2) is 0 Å². The van der Waals surface area contributed by atoms with Gasteiger partial charge >= 0.3 is 0 Å². The summed E-state index contributed by atoms with van der Waals surface area (Å²) in [5.74, 6) is 0.505. The van der Waals surface area contributed by atoms with E-state index in [-0.39, 0.29) is 19.2 Å². The van der Waals surface area contributed by atoms with Gasteiger partial charge in [-0.25, -0.2) is 8.78 Å². The van der Waals surface area contributed by atoms with Gasteiger partial charge in [0.05, 0.1) is 6.54 Å². The van der Waals surface area contributed by atoms with E-state index in [0.29, 0.717) is 12.0 Å². The number of piperidine rings is 1. The van der Waals surface area contributed by atoms with Crippen molar-refractivity contribution in [2.45, 2.75) is 58.0 Å². The van der Waals surface area contributed by atoms with Crippen molar-refractivity contribution in [2.24, 2.45) is 5.92 Å². The Morgan fingerprint density at radius 2 is 2.11 bits per heavy atom. The number of nitrogens with zero attached hydrogens (tertiary/aromatic N) is 1. The van der Waals surface area contributed by atoms with Crippen molar-refractivity contribution in [3.05, 3.63) is 0 Å². The highest BCUT2D eigenvalue weighted by atomic mass is 19.3. The number of alkyl halides is 2. The van der Waals surface area contributed by atoms with Gasteiger partial charge in [0.25, 0.3) is 6.43 Å². The van der Waals surface area contributed by atoms with E-state index in [0.717, 1.165) is 38.8 Å². The van der Waals surface area contributed by atoms with Crippen LogP contribution in [-0.4, -0.2) is 54.8 Å². The van der Waals surface area contributed by atoms with E-state index >= 15 is 0 Å². The molecule has 0 radical (unpaired) electrons. The standard InChI is InChI=1S/C14H28F2N2O/c1-3-11(2)18-9-12(5-4-6-19)7-13(10-18)17-8-14(15)16/h11-14,17,19H,3-10H2,1-2H3. The zero-order valence-electron chi connectivity index (χ0n) is 12.1. The van der Waals surface area contributed by atoms with Crippen LogP contribution in [0.2, 0.25) is 0 Å². The summed E-state index contributed by atoms with van der Waals surface area (Å²) >= 11 is 0. The molecule has 1 aliphatic rings. The minimum absolute atomic E-state index is 0.153. The van der Waals surface area contributed by atoms with Crippen LogP contribution >= 0.6 is 0 Å². The van der Waals surface area contributed by atoms with Crippen molar-refractivity contribution in [3.63, 3.8) is 0 Å². The van der Waals surface area contributed by atoms with Gasteiger partial charge in [0.1, 0.15) is 0 Å². The highest BCUT2D eigenvalue weighted by Crippen LogP contribution is 2.23. The molecule has 0 amide bonds. The first-order chi connectivity index (χ1) is 9.06. The minimum Gasteiger partial charge on any atom is -0.396 e. The molecule has 0 aromatic rings. The van der Waals surface area contributed by atoms with Crippen LogP contribution in [-0.2, 0) is 0 Å². The molecule has 1 aliphatic heterocycles. The van der Waals surface area contributed by atoms with E-state index in [1.165, 1.54) is 0 Å². The molecule has 0 saturated carbocycles. The molecule has 19 heavy (non-hydrogen) atoms. The highest BCUT2D eigenvalue weighted by molar-refractivity contribution is 4.85. The second kappa shape index (κ2) is 8.82. The maximum absolute atomic E-state index is 12.3. The number of aliphatic hydroxyl groups excluding tert-OH is 1. The average molecular weight is 278 g/mol. The van der Waals surface area contributed by atoms with Gasteiger partial charge in [0.2, 0.25) is 0 Å². The normalized spacial score (nSPS) is 26.8. The SMILES string of the molecule is CCC(C)N1CC(CCCO)CC(NCC(F)F)C1. The Morgan fingerprint density at radius 1 is 1.37 bits per heavy atom. The molecule has 3 nitrogen and oxygen atoms in total. The summed E-state index contributed by atoms with van der Waals surface area (Å²) in [4.78, 5) is 2.40. The molecule has 1 saturated heterocycles. The van der Waals surface area contributed by atoms with Gasteiger partial charge in [-0.15, -0.1) is 0 Å². The molecular formula is C14H28F2N2O. The first-order valence-corrected chi connectivity index (χ1v) is 7.43. The summed E-state index contributed by atoms with van der Waals surface area (Å²) < 4.78 is 24.6. The molecule has 0 aromatic heterocycles. The van der Waals surface area contributed by atoms with Crippen LogP contribution < -0.4 is 5.32 Å². The highest BCUT2D eigenvalue weighted by Gasteiger charge is 2.29. The molecule has 114 valence electrons. The Labute approximate surface area is 115 Å². The van der Waals surface area contributed by atoms with Crippen molar-refractivity contribution in [2.75, 3.05) is 26.2 Å². The fraction of sp³-hybridized carbons (Fsp3) is 1.00. The summed E-state index contributed by atoms with van der Waals surface area (Å²) in [6.07, 6.45) is 1.53. The van der Waals surface area contributed by atoms with Gasteiger partial charge in [0.15, 0.2) is 0 Å². The van der Waals surface area contributed by atoms with Crippen LogP contribution in [0.25, 0.3) is 0 Å². The van der Waals surface area contributed by atoms with Crippen molar-refractivity contribution in [1.82, 2.24) is 10.2 Å². The number of rotatable bonds is 8. The van der Waals surface area contributed by atoms with E-state index in [1.54, 1.807) is 0 Å². The number of hydrogen-bond donors (Lipinski definition) is 2. The van der Waals surface area contributed by atoms with Gasteiger partial charge in [-0.3, -0.25) is 4.90 Å². The van der Waals surface area contributed by atoms with Crippen LogP contribution in [0.3, 0.4) is 0 Å². The monoisotopic (exact) mass is 278 g/mol. The molecule has 2 N–H and O–H groups in total. The molecule has 0 spiro atoms. The molecule has 1 rings (SSSR count). The lowest BCUT2D eigenvalue weighted by Gasteiger charge is -2.41. The second-order valence-electron chi connectivity index (χ2n) is 5.67. The lowest BCUT2D eigenvalue weighted by Crippen LogP contribution is -2.52. The predicted octanol–water partition coefficient (Wildman–Crippen LogP) is 2.10. The van der Waals surface area contributed by atoms with E-state index in [9.17, 15) is 8.78 Å². The molecule has 0 aliphatic carbocycles. The number of nitrogens with one attached hydrogen (secondary N) is 1. The molecule has 0 bridgehead atoms. The summed E-state index contributed by atoms with van der Waals surface area (Å²) in [7, 11) is 0. The lowest BCUT2D eigenvalue weighted by atomic mass is 9.89. The number of halogens is 2. The first-order valence-electron chi connectivity index (χ1n) is 7.43. The van der Waals surface area contributed by atoms with E-state index in [1.807, 2.05) is 0 Å². The smallest absolute Gasteiger partial charge is 0.250 e. The van der Waals surface area contributed by atoms with E-state index in [2.05, 4.69) is 24.1 Å². The fourth-order valence-electron chi connectivity index (χ4n) is 2.85. The first kappa shape index (κ1) is 16.8. The Hall–Kier alpha value is -0.260. The van der Waals surface area contributed by atoms with Crippen molar-refractivity contribution in [1.29, 1.82) is 0 Å². The summed E-state index contributed by atoms with van der Waals surface area (Å²) in [5.41, 5.74) is 0. The lowest BCUT2D eigenvalue weighted by molar-refractivity contribution is 0.0813. The largest absolute Gasteiger partial charge is 0.396 e. The molecule has 3 unspecified atom stereocenters. The quantitative estimate of drug-likeness (QED) is 0.714. The molecule has 3 atom stereocenters. The number of likely N-dealkylation sites (tertiary alicyclic amines) is 1. The molecule has 1 heterocycles. The molecule has 5 heteroatoms. The van der Waals surface area contributed by atoms with Crippen LogP contribution in [0.5, 0.6) is 0 Å². The van der Waals surface area contributed by atoms with E-state index in [4.69, 9.17) is 5.11 Å². The third-order valence-corrected chi connectivity index (χ3v) is 4.11. The maximum Gasteiger partial charge on any atom is 0.250 e. The summed E-state index contributed by atoms with van der Waals surface area (Å²) in [6.45, 7) is 6.24. The summed E-state index contributed by atoms with van der Waals surface area (Å²) in [6, 6.07) is 0.646. The van der Waals surface area contributed by atoms with Gasteiger partial charge in [-0.2, -0.15) is 0 Å². The zero-order valence-corrected chi connectivity index (χ0v) is 12.1. The summed E-state index contributed by atoms with van der Waals surface area (Å²) in [5, 5.41) is 11.9. The number of aliphatic hydroxyl groups is 1. The van der Waals surface area contributed by atoms with Crippen LogP contribution in [0.1, 0.15) is 39.5 Å². The molecular weight excluding hydrogens is 250 g/mol. The van der Waals surface area contributed by atoms with Gasteiger partial charge in [0, 0.05) is 31.8 Å². The topological polar surface area (TPSA) is 35.5 Å². The molecule has 1 fully saturated rings. The van der Waals surface area contributed by atoms with Crippen molar-refractivity contribution in [3.8, 4) is 0 Å². The van der Waals surface area contributed by atoms with Gasteiger partial charge < -0.3 is 10.4 Å². The van der Waals surface area contributed by atoms with Crippen LogP contribution in [0, 0.1) is 5.92 Å². The Morgan fingerprint density at radius 3 is 2.68 bits per heavy atom. The fourth-order valence-corrected chi connectivity index (χ4v) is 2.85. The van der Waals surface area contributed by atoms with Gasteiger partial charge in [-0.05, 0) is 38.5 Å². The van der Waals surface area contributed by atoms with E-state index < -0.39 is 6.43 Å². The maximum atomic E-state index is 12.3. The Bertz CT molecular complexity index is 241. The Kier molecular flexibility index (Phi) is 7.80. The zero-order chi connectivity index (χ0) is 14.3. The Balaban J connectivity index is 2.50. The third kappa shape index (κ3) is 6.15. The predicted molar refractivity (Wildman–Crippen MR) is 73.5 cm³/mol. The third-order valence-electron chi connectivity index (χ3n) is 4.11. The van der Waals surface area contributed by atoms with Crippen molar-refractivity contribution < 1.29 is 13.9 Å². The van der Waals surface area contributed by atoms with Crippen molar-refractivity contribution >= 4 is 0 Å². The molecule has 0 aromatic carbocycles. The minimum atomic E-state index is -2.28. The van der Waals surface area contributed by atoms with Gasteiger partial charge in [-0.1, -0.05) is 6.92 Å². The van der Waals surface area contributed by atoms with Crippen LogP contribution in [0.4, 0.5) is 8.78 Å². The average Bonchev–Trinajstić information content (AvgIpc) is 2.41. The number of hydrogen-bond acceptors (Lipinski definition) is 3. The second-order valence-corrected chi connectivity index (χ2v) is 5.67.